The number of nitrogens with one attached hydrogen (secondary N) is 1. The lowest BCUT2D eigenvalue weighted by molar-refractivity contribution is -0.126. The molecule has 1 amide bonds. The first-order valence-corrected chi connectivity index (χ1v) is 8.84. The van der Waals surface area contributed by atoms with Crippen LogP contribution in [0, 0.1) is 12.8 Å². The summed E-state index contributed by atoms with van der Waals surface area (Å²) in [7, 11) is 0. The summed E-state index contributed by atoms with van der Waals surface area (Å²) in [6.45, 7) is 4.57. The number of piperidine rings is 1. The number of benzene rings is 1. The minimum atomic E-state index is -0.0225. The largest absolute Gasteiger partial charge is 0.460 e. The minimum Gasteiger partial charge on any atom is -0.460 e. The highest BCUT2D eigenvalue weighted by Gasteiger charge is 2.24. The van der Waals surface area contributed by atoms with Crippen molar-refractivity contribution in [1.82, 2.24) is 10.3 Å². The average molecular weight is 360 g/mol. The van der Waals surface area contributed by atoms with E-state index < -0.39 is 0 Å². The Morgan fingerprint density at radius 3 is 2.64 bits per heavy atom. The van der Waals surface area contributed by atoms with Crippen LogP contribution in [0.4, 0.5) is 0 Å². The zero-order chi connectivity index (χ0) is 17.6. The predicted octanol–water partition coefficient (Wildman–Crippen LogP) is 3.60. The molecule has 1 N–H and O–H groups in total. The van der Waals surface area contributed by atoms with Crippen LogP contribution in [0.2, 0.25) is 5.02 Å². The summed E-state index contributed by atoms with van der Waals surface area (Å²) in [4.78, 5) is 14.6. The molecule has 132 valence electrons. The molecule has 2 aromatic rings. The van der Waals surface area contributed by atoms with Crippen LogP contribution in [-0.2, 0) is 11.3 Å². The number of hydrogen-bond donors (Lipinski definition) is 1. The normalized spacial score (nSPS) is 16.4. The lowest BCUT2D eigenvalue weighted by atomic mass is 9.96. The van der Waals surface area contributed by atoms with Gasteiger partial charge in [-0.25, -0.2) is 5.43 Å². The van der Waals surface area contributed by atoms with E-state index in [1.54, 1.807) is 0 Å². The molecule has 3 rings (SSSR count). The maximum Gasteiger partial charge on any atom is 0.243 e. The molecule has 25 heavy (non-hydrogen) atoms. The maximum absolute atomic E-state index is 12.2. The number of likely N-dealkylation sites (tertiary alicyclic amines) is 1. The van der Waals surface area contributed by atoms with Gasteiger partial charge in [0.2, 0.25) is 5.91 Å². The van der Waals surface area contributed by atoms with Gasteiger partial charge in [-0.15, -0.1) is 0 Å². The molecule has 6 heteroatoms. The second-order valence-corrected chi connectivity index (χ2v) is 6.80. The van der Waals surface area contributed by atoms with E-state index in [-0.39, 0.29) is 11.8 Å². The number of carbonyl (C=O) groups is 1. The molecule has 0 bridgehead atoms. The Labute approximate surface area is 152 Å². The van der Waals surface area contributed by atoms with Crippen molar-refractivity contribution in [1.29, 1.82) is 0 Å². The van der Waals surface area contributed by atoms with Crippen LogP contribution in [0.5, 0.6) is 0 Å². The fourth-order valence-electron chi connectivity index (χ4n) is 2.97. The smallest absolute Gasteiger partial charge is 0.243 e. The van der Waals surface area contributed by atoms with E-state index in [4.69, 9.17) is 16.0 Å². The predicted molar refractivity (Wildman–Crippen MR) is 98.6 cm³/mol. The zero-order valence-corrected chi connectivity index (χ0v) is 15.0. The molecule has 5 nitrogen and oxygen atoms in total. The molecule has 1 aromatic heterocycles. The monoisotopic (exact) mass is 359 g/mol. The number of aryl methyl sites for hydroxylation is 1. The first-order chi connectivity index (χ1) is 12.1. The summed E-state index contributed by atoms with van der Waals surface area (Å²) >= 11 is 5.91. The molecule has 1 aliphatic rings. The van der Waals surface area contributed by atoms with E-state index >= 15 is 0 Å². The van der Waals surface area contributed by atoms with Gasteiger partial charge in [0.15, 0.2) is 0 Å². The number of hydrazone groups is 1. The van der Waals surface area contributed by atoms with Gasteiger partial charge < -0.3 is 4.42 Å². The molecule has 0 unspecified atom stereocenters. The van der Waals surface area contributed by atoms with Gasteiger partial charge in [0.1, 0.15) is 11.5 Å². The Hall–Kier alpha value is -2.11. The Bertz CT molecular complexity index is 731. The van der Waals surface area contributed by atoms with E-state index in [0.717, 1.165) is 43.3 Å². The van der Waals surface area contributed by atoms with Crippen molar-refractivity contribution < 1.29 is 9.21 Å². The summed E-state index contributed by atoms with van der Waals surface area (Å²) in [5.41, 5.74) is 3.86. The molecule has 0 atom stereocenters. The van der Waals surface area contributed by atoms with Gasteiger partial charge in [-0.2, -0.15) is 5.10 Å². The van der Waals surface area contributed by atoms with E-state index in [2.05, 4.69) is 15.4 Å². The molecule has 1 aromatic carbocycles. The van der Waals surface area contributed by atoms with Gasteiger partial charge in [-0.3, -0.25) is 9.69 Å². The fraction of sp³-hybridized carbons (Fsp3) is 0.368. The summed E-state index contributed by atoms with van der Waals surface area (Å²) in [5, 5.41) is 4.73. The average Bonchev–Trinajstić information content (AvgIpc) is 3.03. The number of amides is 1. The molecule has 1 saturated heterocycles. The van der Waals surface area contributed by atoms with Crippen LogP contribution < -0.4 is 5.43 Å². The number of carbonyl (C=O) groups excluding carboxylic acids is 1. The number of rotatable bonds is 5. The van der Waals surface area contributed by atoms with Crippen LogP contribution in [0.25, 0.3) is 0 Å². The van der Waals surface area contributed by atoms with Crippen LogP contribution in [0.1, 0.15) is 29.9 Å². The Morgan fingerprint density at radius 2 is 2.00 bits per heavy atom. The first kappa shape index (κ1) is 17.7. The van der Waals surface area contributed by atoms with Crippen molar-refractivity contribution in [3.05, 3.63) is 58.5 Å². The maximum atomic E-state index is 12.2. The van der Waals surface area contributed by atoms with Crippen LogP contribution in [0.15, 0.2) is 45.9 Å². The molecule has 1 aliphatic heterocycles. The summed E-state index contributed by atoms with van der Waals surface area (Å²) in [5.74, 6) is 1.44. The molecular weight excluding hydrogens is 338 g/mol. The molecule has 0 spiro atoms. The van der Waals surface area contributed by atoms with Gasteiger partial charge in [0.25, 0.3) is 0 Å². The Balaban J connectivity index is 1.42. The number of hydrogen-bond acceptors (Lipinski definition) is 4. The standard InChI is InChI=1S/C19H22ClN3O2/c1-14-2-7-18(25-14)12-21-22-19(24)16-8-10-23(11-9-16)13-15-3-5-17(20)6-4-15/h2-7,12,16H,8-11,13H2,1H3,(H,22,24)/b21-12+. The second kappa shape index (κ2) is 8.32. The summed E-state index contributed by atoms with van der Waals surface area (Å²) in [6.07, 6.45) is 3.21. The molecule has 0 saturated carbocycles. The number of halogens is 1. The molecule has 1 fully saturated rings. The minimum absolute atomic E-state index is 0.0111. The van der Waals surface area contributed by atoms with Gasteiger partial charge in [-0.05, 0) is 62.7 Å². The number of nitrogens with zero attached hydrogens (tertiary/aromatic N) is 2. The highest BCUT2D eigenvalue weighted by molar-refractivity contribution is 6.30. The van der Waals surface area contributed by atoms with Gasteiger partial charge >= 0.3 is 0 Å². The van der Waals surface area contributed by atoms with Crippen molar-refractivity contribution in [3.63, 3.8) is 0 Å². The van der Waals surface area contributed by atoms with Gasteiger partial charge in [0, 0.05) is 17.5 Å². The lowest BCUT2D eigenvalue weighted by Gasteiger charge is -2.30. The lowest BCUT2D eigenvalue weighted by Crippen LogP contribution is -2.39. The quantitative estimate of drug-likeness (QED) is 0.655. The van der Waals surface area contributed by atoms with E-state index in [9.17, 15) is 4.79 Å². The third-order valence-corrected chi connectivity index (χ3v) is 4.66. The molecular formula is C19H22ClN3O2. The van der Waals surface area contributed by atoms with Gasteiger partial charge in [-0.1, -0.05) is 23.7 Å². The first-order valence-electron chi connectivity index (χ1n) is 8.46. The van der Waals surface area contributed by atoms with E-state index in [1.807, 2.05) is 43.3 Å². The third kappa shape index (κ3) is 5.18. The number of furan rings is 1. The molecule has 0 aliphatic carbocycles. The SMILES string of the molecule is Cc1ccc(/C=N/NC(=O)C2CCN(Cc3ccc(Cl)cc3)CC2)o1. The van der Waals surface area contributed by atoms with Crippen molar-refractivity contribution in [2.24, 2.45) is 11.0 Å². The second-order valence-electron chi connectivity index (χ2n) is 6.36. The van der Waals surface area contributed by atoms with E-state index in [0.29, 0.717) is 5.76 Å². The molecule has 0 radical (unpaired) electrons. The van der Waals surface area contributed by atoms with Crippen molar-refractivity contribution in [2.45, 2.75) is 26.3 Å². The van der Waals surface area contributed by atoms with E-state index in [1.165, 1.54) is 11.8 Å². The van der Waals surface area contributed by atoms with Gasteiger partial charge in [0.05, 0.1) is 6.21 Å². The Morgan fingerprint density at radius 1 is 1.28 bits per heavy atom. The van der Waals surface area contributed by atoms with Crippen molar-refractivity contribution in [2.75, 3.05) is 13.1 Å². The third-order valence-electron chi connectivity index (χ3n) is 4.41. The summed E-state index contributed by atoms with van der Waals surface area (Å²) < 4.78 is 5.37. The molecule has 2 heterocycles. The fourth-order valence-corrected chi connectivity index (χ4v) is 3.10. The van der Waals surface area contributed by atoms with Crippen LogP contribution in [0.3, 0.4) is 0 Å². The zero-order valence-electron chi connectivity index (χ0n) is 14.2. The topological polar surface area (TPSA) is 57.8 Å². The van der Waals surface area contributed by atoms with Crippen LogP contribution >= 0.6 is 11.6 Å². The van der Waals surface area contributed by atoms with Crippen molar-refractivity contribution in [3.8, 4) is 0 Å². The Kier molecular flexibility index (Phi) is 5.89. The highest BCUT2D eigenvalue weighted by atomic mass is 35.5. The highest BCUT2D eigenvalue weighted by Crippen LogP contribution is 2.20. The van der Waals surface area contributed by atoms with Crippen LogP contribution in [-0.4, -0.2) is 30.1 Å². The van der Waals surface area contributed by atoms with Crippen molar-refractivity contribution >= 4 is 23.7 Å². The summed E-state index contributed by atoms with van der Waals surface area (Å²) in [6, 6.07) is 11.6.